The second-order valence-corrected chi connectivity index (χ2v) is 9.59. The number of halogens is 4. The SMILES string of the molecule is C=CC1C[N+]2(Cc3ccc(C(F)(F)F)cc3)CCC1CC2[C@@H](O)c1ccnc2ccccc12.[Br-]. The molecule has 2 aromatic carbocycles. The molecule has 7 heteroatoms. The largest absolute Gasteiger partial charge is 1.00 e. The van der Waals surface area contributed by atoms with Crippen LogP contribution in [0.4, 0.5) is 13.2 Å². The summed E-state index contributed by atoms with van der Waals surface area (Å²) in [6.45, 7) is 6.39. The Morgan fingerprint density at radius 3 is 2.56 bits per heavy atom. The molecule has 34 heavy (non-hydrogen) atoms. The Hall–Kier alpha value is -2.22. The summed E-state index contributed by atoms with van der Waals surface area (Å²) in [7, 11) is 0. The highest BCUT2D eigenvalue weighted by atomic mass is 79.9. The molecule has 4 heterocycles. The molecular weight excluding hydrogens is 505 g/mol. The van der Waals surface area contributed by atoms with E-state index >= 15 is 0 Å². The minimum atomic E-state index is -4.34. The van der Waals surface area contributed by atoms with Crippen LogP contribution >= 0.6 is 0 Å². The maximum atomic E-state index is 13.1. The van der Waals surface area contributed by atoms with E-state index in [0.717, 1.165) is 60.1 Å². The zero-order chi connectivity index (χ0) is 23.2. The summed E-state index contributed by atoms with van der Waals surface area (Å²) in [6.07, 6.45) is 0.648. The Morgan fingerprint density at radius 1 is 1.12 bits per heavy atom. The number of aliphatic hydroxyl groups is 1. The number of benzene rings is 2. The van der Waals surface area contributed by atoms with Crippen molar-refractivity contribution < 1.29 is 39.7 Å². The van der Waals surface area contributed by atoms with Crippen molar-refractivity contribution in [3.8, 4) is 0 Å². The molecule has 0 amide bonds. The number of pyridine rings is 1. The molecule has 0 radical (unpaired) electrons. The minimum Gasteiger partial charge on any atom is -1.00 e. The molecule has 3 saturated heterocycles. The van der Waals surface area contributed by atoms with E-state index in [-0.39, 0.29) is 23.0 Å². The van der Waals surface area contributed by atoms with Gasteiger partial charge >= 0.3 is 6.18 Å². The van der Waals surface area contributed by atoms with E-state index in [1.54, 1.807) is 18.3 Å². The van der Waals surface area contributed by atoms with Gasteiger partial charge in [-0.15, -0.1) is 6.58 Å². The van der Waals surface area contributed by atoms with Crippen LogP contribution in [0.5, 0.6) is 0 Å². The molecule has 4 unspecified atom stereocenters. The molecule has 3 fully saturated rings. The Bertz CT molecular complexity index is 1160. The van der Waals surface area contributed by atoms with Gasteiger partial charge in [0, 0.05) is 35.9 Å². The number of rotatable bonds is 5. The molecule has 1 N–H and O–H groups in total. The molecule has 5 atom stereocenters. The van der Waals surface area contributed by atoms with Gasteiger partial charge in [-0.05, 0) is 35.7 Å². The maximum absolute atomic E-state index is 13.1. The van der Waals surface area contributed by atoms with E-state index in [9.17, 15) is 18.3 Å². The Kier molecular flexibility index (Phi) is 6.91. The number of alkyl halides is 3. The molecule has 0 saturated carbocycles. The topological polar surface area (TPSA) is 33.1 Å². The van der Waals surface area contributed by atoms with Gasteiger partial charge in [-0.1, -0.05) is 36.4 Å². The van der Waals surface area contributed by atoms with Crippen LogP contribution in [0, 0.1) is 11.8 Å². The van der Waals surface area contributed by atoms with E-state index in [0.29, 0.717) is 22.9 Å². The molecule has 1 aromatic heterocycles. The molecule has 0 spiro atoms. The van der Waals surface area contributed by atoms with Crippen LogP contribution in [-0.4, -0.2) is 33.7 Å². The molecule has 3 nitrogen and oxygen atoms in total. The molecule has 0 aliphatic carbocycles. The molecular formula is C27H28BrF3N2O. The van der Waals surface area contributed by atoms with Crippen molar-refractivity contribution in [1.82, 2.24) is 4.98 Å². The van der Waals surface area contributed by atoms with Crippen molar-refractivity contribution in [2.24, 2.45) is 11.8 Å². The van der Waals surface area contributed by atoms with Gasteiger partial charge in [-0.3, -0.25) is 4.98 Å². The maximum Gasteiger partial charge on any atom is 0.416 e. The van der Waals surface area contributed by atoms with Crippen molar-refractivity contribution >= 4 is 10.9 Å². The first-order valence-corrected chi connectivity index (χ1v) is 11.5. The van der Waals surface area contributed by atoms with Crippen LogP contribution in [-0.2, 0) is 12.7 Å². The number of nitrogens with zero attached hydrogens (tertiary/aromatic N) is 2. The fourth-order valence-corrected chi connectivity index (χ4v) is 6.13. The van der Waals surface area contributed by atoms with Gasteiger partial charge in [-0.2, -0.15) is 13.2 Å². The molecule has 180 valence electrons. The third kappa shape index (κ3) is 4.41. The number of para-hydroxylation sites is 1. The summed E-state index contributed by atoms with van der Waals surface area (Å²) in [5.74, 6) is 0.827. The van der Waals surface area contributed by atoms with Crippen molar-refractivity contribution in [1.29, 1.82) is 0 Å². The third-order valence-electron chi connectivity index (χ3n) is 7.82. The van der Waals surface area contributed by atoms with Crippen molar-refractivity contribution in [3.63, 3.8) is 0 Å². The standard InChI is InChI=1S/C27H28F3N2O.BrH/c1-2-19-17-32(16-18-7-9-21(10-8-18)27(28,29)30)14-12-20(19)15-25(32)26(33)23-11-13-31-24-6-4-3-5-22(23)24;/h2-11,13,19-20,25-26,33H,1,12,14-17H2;1H/q+1;/p-1/t19?,20?,25?,26-,32?;/m0./s1. The Balaban J connectivity index is 0.00000274. The second-order valence-electron chi connectivity index (χ2n) is 9.59. The van der Waals surface area contributed by atoms with Crippen LogP contribution < -0.4 is 17.0 Å². The van der Waals surface area contributed by atoms with E-state index in [1.807, 2.05) is 36.4 Å². The fourth-order valence-electron chi connectivity index (χ4n) is 6.13. The van der Waals surface area contributed by atoms with Crippen LogP contribution in [0.15, 0.2) is 73.4 Å². The lowest BCUT2D eigenvalue weighted by molar-refractivity contribution is -0.984. The first-order chi connectivity index (χ1) is 15.8. The third-order valence-corrected chi connectivity index (χ3v) is 7.82. The summed E-state index contributed by atoms with van der Waals surface area (Å²) < 4.78 is 39.8. The molecule has 3 aliphatic heterocycles. The van der Waals surface area contributed by atoms with Crippen molar-refractivity contribution in [2.45, 2.75) is 37.7 Å². The number of quaternary nitrogens is 1. The van der Waals surface area contributed by atoms with Crippen LogP contribution in [0.3, 0.4) is 0 Å². The Labute approximate surface area is 208 Å². The van der Waals surface area contributed by atoms with Gasteiger partial charge in [-0.25, -0.2) is 0 Å². The van der Waals surface area contributed by atoms with Crippen LogP contribution in [0.2, 0.25) is 0 Å². The first-order valence-electron chi connectivity index (χ1n) is 11.5. The summed E-state index contributed by atoms with van der Waals surface area (Å²) in [5.41, 5.74) is 1.96. The number of fused-ring (bicyclic) bond motifs is 4. The average molecular weight is 533 g/mol. The summed E-state index contributed by atoms with van der Waals surface area (Å²) in [5, 5.41) is 12.6. The van der Waals surface area contributed by atoms with Crippen LogP contribution in [0.1, 0.15) is 35.6 Å². The molecule has 2 bridgehead atoms. The average Bonchev–Trinajstić information content (AvgIpc) is 2.83. The van der Waals surface area contributed by atoms with Gasteiger partial charge in [0.2, 0.25) is 0 Å². The van der Waals surface area contributed by atoms with E-state index in [1.165, 1.54) is 0 Å². The van der Waals surface area contributed by atoms with Crippen molar-refractivity contribution in [2.75, 3.05) is 13.1 Å². The minimum absolute atomic E-state index is 0. The predicted octanol–water partition coefficient (Wildman–Crippen LogP) is 2.90. The van der Waals surface area contributed by atoms with E-state index in [4.69, 9.17) is 0 Å². The smallest absolute Gasteiger partial charge is 0.416 e. The van der Waals surface area contributed by atoms with Gasteiger partial charge in [0.15, 0.2) is 0 Å². The highest BCUT2D eigenvalue weighted by molar-refractivity contribution is 5.82. The zero-order valence-corrected chi connectivity index (χ0v) is 20.3. The lowest BCUT2D eigenvalue weighted by Crippen LogP contribution is -3.00. The van der Waals surface area contributed by atoms with Gasteiger partial charge < -0.3 is 26.6 Å². The molecule has 3 aliphatic rings. The second kappa shape index (κ2) is 9.44. The van der Waals surface area contributed by atoms with E-state index < -0.39 is 17.8 Å². The highest BCUT2D eigenvalue weighted by Gasteiger charge is 2.54. The number of piperidine rings is 3. The Morgan fingerprint density at radius 2 is 1.85 bits per heavy atom. The summed E-state index contributed by atoms with van der Waals surface area (Å²) >= 11 is 0. The van der Waals surface area contributed by atoms with E-state index in [2.05, 4.69) is 11.6 Å². The number of hydrogen-bond acceptors (Lipinski definition) is 2. The highest BCUT2D eigenvalue weighted by Crippen LogP contribution is 2.48. The lowest BCUT2D eigenvalue weighted by atomic mass is 9.71. The lowest BCUT2D eigenvalue weighted by Gasteiger charge is -2.58. The monoisotopic (exact) mass is 532 g/mol. The van der Waals surface area contributed by atoms with Gasteiger partial charge in [0.05, 0.1) is 24.2 Å². The number of hydrogen-bond donors (Lipinski definition) is 1. The first kappa shape index (κ1) is 24.9. The zero-order valence-electron chi connectivity index (χ0n) is 18.8. The van der Waals surface area contributed by atoms with Crippen molar-refractivity contribution in [3.05, 3.63) is 90.1 Å². The molecule has 3 aromatic rings. The predicted molar refractivity (Wildman–Crippen MR) is 122 cm³/mol. The number of aliphatic hydroxyl groups excluding tert-OH is 1. The normalized spacial score (nSPS) is 27.2. The quantitative estimate of drug-likeness (QED) is 0.405. The van der Waals surface area contributed by atoms with Crippen LogP contribution in [0.25, 0.3) is 10.9 Å². The fraction of sp³-hybridized carbons (Fsp3) is 0.370. The summed E-state index contributed by atoms with van der Waals surface area (Å²) in [6, 6.07) is 15.2. The van der Waals surface area contributed by atoms with Gasteiger partial charge in [0.25, 0.3) is 0 Å². The number of aromatic nitrogens is 1. The van der Waals surface area contributed by atoms with Gasteiger partial charge in [0.1, 0.15) is 18.7 Å². The summed E-state index contributed by atoms with van der Waals surface area (Å²) in [4.78, 5) is 4.43. The molecule has 6 rings (SSSR count).